The number of carbonyl (C=O) groups is 2. The number of likely N-dealkylation sites (tertiary alicyclic amines) is 1. The Bertz CT molecular complexity index is 382. The minimum absolute atomic E-state index is 0.000358. The number of nitrogens with one attached hydrogen (secondary N) is 1. The molecule has 0 saturated carbocycles. The lowest BCUT2D eigenvalue weighted by Gasteiger charge is -2.38. The fourth-order valence-corrected chi connectivity index (χ4v) is 3.40. The second-order valence-electron chi connectivity index (χ2n) is 6.28. The summed E-state index contributed by atoms with van der Waals surface area (Å²) in [6, 6.07) is -0.901. The first-order valence-electron chi connectivity index (χ1n) is 7.88. The van der Waals surface area contributed by atoms with Crippen LogP contribution in [0.4, 0.5) is 4.79 Å². The van der Waals surface area contributed by atoms with Crippen LogP contribution in [0, 0.1) is 11.8 Å². The average molecular weight is 298 g/mol. The fraction of sp³-hybridized carbons (Fsp3) is 0.867. The van der Waals surface area contributed by atoms with E-state index in [9.17, 15) is 14.7 Å². The molecule has 0 aromatic carbocycles. The van der Waals surface area contributed by atoms with Crippen LogP contribution in [0.15, 0.2) is 0 Å². The number of amides is 2. The van der Waals surface area contributed by atoms with Gasteiger partial charge in [-0.3, -0.25) is 0 Å². The summed E-state index contributed by atoms with van der Waals surface area (Å²) in [6.07, 6.45) is 3.61. The van der Waals surface area contributed by atoms with Crippen molar-refractivity contribution in [2.75, 3.05) is 19.8 Å². The highest BCUT2D eigenvalue weighted by Crippen LogP contribution is 2.24. The van der Waals surface area contributed by atoms with Crippen molar-refractivity contribution in [3.8, 4) is 0 Å². The number of piperidine rings is 1. The minimum atomic E-state index is -0.906. The Morgan fingerprint density at radius 1 is 1.29 bits per heavy atom. The Morgan fingerprint density at radius 3 is 2.57 bits per heavy atom. The number of carboxylic acids is 1. The maximum absolute atomic E-state index is 12.4. The van der Waals surface area contributed by atoms with Crippen LogP contribution in [-0.4, -0.2) is 53.8 Å². The molecule has 120 valence electrons. The lowest BCUT2D eigenvalue weighted by molar-refractivity contribution is -0.145. The summed E-state index contributed by atoms with van der Waals surface area (Å²) in [5.74, 6) is -0.496. The molecule has 2 amide bonds. The van der Waals surface area contributed by atoms with Gasteiger partial charge in [-0.1, -0.05) is 6.92 Å². The molecule has 2 heterocycles. The molecule has 2 aliphatic heterocycles. The van der Waals surface area contributed by atoms with Crippen LogP contribution >= 0.6 is 0 Å². The Kier molecular flexibility index (Phi) is 5.45. The molecule has 21 heavy (non-hydrogen) atoms. The first kappa shape index (κ1) is 16.1. The molecule has 2 aliphatic rings. The summed E-state index contributed by atoms with van der Waals surface area (Å²) >= 11 is 0. The highest BCUT2D eigenvalue weighted by atomic mass is 16.5. The standard InChI is InChI=1S/C15H26N2O4/c1-10-4-3-7-17(13(10)14(18)19)15(20)16-11(2)12-5-8-21-9-6-12/h10-13H,3-9H2,1-2H3,(H,16,20)(H,18,19). The highest BCUT2D eigenvalue weighted by molar-refractivity contribution is 5.83. The van der Waals surface area contributed by atoms with Gasteiger partial charge >= 0.3 is 12.0 Å². The summed E-state index contributed by atoms with van der Waals surface area (Å²) in [4.78, 5) is 25.4. The fourth-order valence-electron chi connectivity index (χ4n) is 3.40. The third-order valence-electron chi connectivity index (χ3n) is 4.77. The lowest BCUT2D eigenvalue weighted by Crippen LogP contribution is -2.57. The van der Waals surface area contributed by atoms with E-state index in [-0.39, 0.29) is 18.0 Å². The maximum atomic E-state index is 12.4. The second-order valence-corrected chi connectivity index (χ2v) is 6.28. The summed E-state index contributed by atoms with van der Waals surface area (Å²) in [5, 5.41) is 12.4. The van der Waals surface area contributed by atoms with E-state index in [0.717, 1.165) is 38.9 Å². The van der Waals surface area contributed by atoms with E-state index in [2.05, 4.69) is 5.32 Å². The number of carboxylic acid groups (broad SMARTS) is 1. The molecule has 2 saturated heterocycles. The van der Waals surface area contributed by atoms with Crippen molar-refractivity contribution in [2.24, 2.45) is 11.8 Å². The quantitative estimate of drug-likeness (QED) is 0.831. The molecule has 0 aliphatic carbocycles. The van der Waals surface area contributed by atoms with Gasteiger partial charge in [0.15, 0.2) is 0 Å². The molecule has 6 nitrogen and oxygen atoms in total. The van der Waals surface area contributed by atoms with Gasteiger partial charge in [0.05, 0.1) is 0 Å². The van der Waals surface area contributed by atoms with Crippen molar-refractivity contribution in [3.05, 3.63) is 0 Å². The second kappa shape index (κ2) is 7.11. The molecule has 2 rings (SSSR count). The Labute approximate surface area is 125 Å². The van der Waals surface area contributed by atoms with Crippen LogP contribution in [0.1, 0.15) is 39.5 Å². The van der Waals surface area contributed by atoms with E-state index in [4.69, 9.17) is 4.74 Å². The Balaban J connectivity index is 1.95. The molecule has 2 N–H and O–H groups in total. The van der Waals surface area contributed by atoms with Crippen LogP contribution in [0.2, 0.25) is 0 Å². The summed E-state index contributed by atoms with van der Waals surface area (Å²) < 4.78 is 5.33. The van der Waals surface area contributed by atoms with Gasteiger partial charge in [0.1, 0.15) is 6.04 Å². The van der Waals surface area contributed by atoms with E-state index >= 15 is 0 Å². The molecule has 0 aromatic rings. The van der Waals surface area contributed by atoms with Crippen molar-refractivity contribution in [3.63, 3.8) is 0 Å². The van der Waals surface area contributed by atoms with Gasteiger partial charge in [0, 0.05) is 25.8 Å². The molecular formula is C15H26N2O4. The number of rotatable bonds is 3. The molecule has 3 unspecified atom stereocenters. The van der Waals surface area contributed by atoms with Gasteiger partial charge in [-0.2, -0.15) is 0 Å². The lowest BCUT2D eigenvalue weighted by atomic mass is 9.90. The first-order chi connectivity index (χ1) is 10.0. The third kappa shape index (κ3) is 3.87. The topological polar surface area (TPSA) is 78.9 Å². The van der Waals surface area contributed by atoms with Crippen molar-refractivity contribution < 1.29 is 19.4 Å². The average Bonchev–Trinajstić information content (AvgIpc) is 2.47. The van der Waals surface area contributed by atoms with Crippen LogP contribution < -0.4 is 5.32 Å². The van der Waals surface area contributed by atoms with Crippen molar-refractivity contribution in [1.29, 1.82) is 0 Å². The van der Waals surface area contributed by atoms with E-state index in [0.29, 0.717) is 12.5 Å². The monoisotopic (exact) mass is 298 g/mol. The molecular weight excluding hydrogens is 272 g/mol. The molecule has 0 spiro atoms. The molecule has 3 atom stereocenters. The number of nitrogens with zero attached hydrogens (tertiary/aromatic N) is 1. The largest absolute Gasteiger partial charge is 0.480 e. The maximum Gasteiger partial charge on any atom is 0.326 e. The zero-order valence-electron chi connectivity index (χ0n) is 12.9. The Morgan fingerprint density at radius 2 is 1.95 bits per heavy atom. The summed E-state index contributed by atoms with van der Waals surface area (Å²) in [7, 11) is 0. The zero-order valence-corrected chi connectivity index (χ0v) is 12.9. The van der Waals surface area contributed by atoms with Crippen LogP contribution in [0.5, 0.6) is 0 Å². The SMILES string of the molecule is CC1CCCN(C(=O)NC(C)C2CCOCC2)C1C(=O)O. The summed E-state index contributed by atoms with van der Waals surface area (Å²) in [6.45, 7) is 5.90. The predicted molar refractivity (Wildman–Crippen MR) is 78.1 cm³/mol. The summed E-state index contributed by atoms with van der Waals surface area (Å²) in [5.41, 5.74) is 0. The van der Waals surface area contributed by atoms with Gasteiger partial charge in [0.2, 0.25) is 0 Å². The van der Waals surface area contributed by atoms with Crippen molar-refractivity contribution in [1.82, 2.24) is 10.2 Å². The molecule has 2 fully saturated rings. The normalized spacial score (nSPS) is 29.0. The van der Waals surface area contributed by atoms with E-state index in [1.807, 2.05) is 13.8 Å². The molecule has 6 heteroatoms. The number of hydrogen-bond donors (Lipinski definition) is 2. The van der Waals surface area contributed by atoms with E-state index in [1.165, 1.54) is 4.90 Å². The van der Waals surface area contributed by atoms with Crippen LogP contribution in [0.3, 0.4) is 0 Å². The van der Waals surface area contributed by atoms with Gasteiger partial charge in [-0.25, -0.2) is 9.59 Å². The van der Waals surface area contributed by atoms with Gasteiger partial charge < -0.3 is 20.1 Å². The van der Waals surface area contributed by atoms with Crippen molar-refractivity contribution in [2.45, 2.75) is 51.6 Å². The predicted octanol–water partition coefficient (Wildman–Crippen LogP) is 1.70. The smallest absolute Gasteiger partial charge is 0.326 e. The Hall–Kier alpha value is -1.30. The zero-order chi connectivity index (χ0) is 15.4. The van der Waals surface area contributed by atoms with Gasteiger partial charge in [-0.15, -0.1) is 0 Å². The van der Waals surface area contributed by atoms with Crippen LogP contribution in [-0.2, 0) is 9.53 Å². The van der Waals surface area contributed by atoms with Crippen LogP contribution in [0.25, 0.3) is 0 Å². The third-order valence-corrected chi connectivity index (χ3v) is 4.77. The van der Waals surface area contributed by atoms with Gasteiger partial charge in [0.25, 0.3) is 0 Å². The number of carbonyl (C=O) groups excluding carboxylic acids is 1. The van der Waals surface area contributed by atoms with Gasteiger partial charge in [-0.05, 0) is 44.4 Å². The van der Waals surface area contributed by atoms with E-state index in [1.54, 1.807) is 0 Å². The number of aliphatic carboxylic acids is 1. The van der Waals surface area contributed by atoms with E-state index < -0.39 is 12.0 Å². The number of hydrogen-bond acceptors (Lipinski definition) is 3. The molecule has 0 aromatic heterocycles. The minimum Gasteiger partial charge on any atom is -0.480 e. The number of ether oxygens (including phenoxy) is 1. The first-order valence-corrected chi connectivity index (χ1v) is 7.88. The molecule has 0 bridgehead atoms. The highest BCUT2D eigenvalue weighted by Gasteiger charge is 2.37. The van der Waals surface area contributed by atoms with Crippen molar-refractivity contribution >= 4 is 12.0 Å². The number of urea groups is 1. The molecule has 0 radical (unpaired) electrons.